The quantitative estimate of drug-likeness (QED) is 0.907. The lowest BCUT2D eigenvalue weighted by atomic mass is 9.84. The summed E-state index contributed by atoms with van der Waals surface area (Å²) >= 11 is 6.23. The molecule has 2 unspecified atom stereocenters. The molecular weight excluding hydrogens is 258 g/mol. The summed E-state index contributed by atoms with van der Waals surface area (Å²) in [5, 5.41) is 8.54. The second kappa shape index (κ2) is 4.89. The summed E-state index contributed by atoms with van der Waals surface area (Å²) in [6, 6.07) is 9.05. The van der Waals surface area contributed by atoms with Crippen molar-refractivity contribution in [3.63, 3.8) is 0 Å². The lowest BCUT2D eigenvalue weighted by Crippen LogP contribution is -2.26. The first-order chi connectivity index (χ1) is 9.15. The van der Waals surface area contributed by atoms with Gasteiger partial charge in [0, 0.05) is 18.8 Å². The second-order valence-corrected chi connectivity index (χ2v) is 5.74. The molecule has 4 heteroatoms. The van der Waals surface area contributed by atoms with E-state index in [4.69, 9.17) is 11.6 Å². The van der Waals surface area contributed by atoms with Gasteiger partial charge < -0.3 is 5.32 Å². The zero-order chi connectivity index (χ0) is 13.4. The average molecular weight is 276 g/mol. The maximum absolute atomic E-state index is 6.23. The highest BCUT2D eigenvalue weighted by Gasteiger charge is 2.25. The standard InChI is InChI=1S/C15H18ClN3/c1-10-7-11(8-15-13(16)9-17-19(15)2)12-5-3-4-6-14(12)18-10/h3-6,9-11,18H,7-8H2,1-2H3. The fraction of sp³-hybridized carbons (Fsp3) is 0.400. The van der Waals surface area contributed by atoms with E-state index in [1.54, 1.807) is 6.20 Å². The van der Waals surface area contributed by atoms with Gasteiger partial charge in [-0.2, -0.15) is 5.10 Å². The lowest BCUT2D eigenvalue weighted by Gasteiger charge is -2.31. The largest absolute Gasteiger partial charge is 0.382 e. The van der Waals surface area contributed by atoms with Gasteiger partial charge in [-0.1, -0.05) is 29.8 Å². The Morgan fingerprint density at radius 3 is 2.95 bits per heavy atom. The first kappa shape index (κ1) is 12.5. The Morgan fingerprint density at radius 1 is 1.42 bits per heavy atom. The molecule has 0 amide bonds. The average Bonchev–Trinajstić information content (AvgIpc) is 2.70. The van der Waals surface area contributed by atoms with Crippen LogP contribution in [-0.2, 0) is 13.5 Å². The maximum Gasteiger partial charge on any atom is 0.0817 e. The molecule has 3 nitrogen and oxygen atoms in total. The van der Waals surface area contributed by atoms with Gasteiger partial charge in [0.05, 0.1) is 16.9 Å². The fourth-order valence-electron chi connectivity index (χ4n) is 2.95. The molecule has 3 rings (SSSR count). The number of benzene rings is 1. The molecule has 0 saturated heterocycles. The van der Waals surface area contributed by atoms with Crippen LogP contribution in [0.1, 0.15) is 30.5 Å². The van der Waals surface area contributed by atoms with Crippen LogP contribution >= 0.6 is 11.6 Å². The van der Waals surface area contributed by atoms with Crippen LogP contribution in [0.25, 0.3) is 0 Å². The number of fused-ring (bicyclic) bond motifs is 1. The highest BCUT2D eigenvalue weighted by molar-refractivity contribution is 6.31. The van der Waals surface area contributed by atoms with Crippen molar-refractivity contribution in [2.24, 2.45) is 7.05 Å². The van der Waals surface area contributed by atoms with Crippen LogP contribution in [0.4, 0.5) is 5.69 Å². The zero-order valence-corrected chi connectivity index (χ0v) is 12.0. The number of rotatable bonds is 2. The summed E-state index contributed by atoms with van der Waals surface area (Å²) in [5.74, 6) is 0.500. The topological polar surface area (TPSA) is 29.9 Å². The molecular formula is C15H18ClN3. The van der Waals surface area contributed by atoms with Crippen molar-refractivity contribution in [3.8, 4) is 0 Å². The van der Waals surface area contributed by atoms with Gasteiger partial charge in [0.2, 0.25) is 0 Å². The molecule has 0 bridgehead atoms. The van der Waals surface area contributed by atoms with Gasteiger partial charge >= 0.3 is 0 Å². The van der Waals surface area contributed by atoms with E-state index in [-0.39, 0.29) is 0 Å². The molecule has 2 atom stereocenters. The predicted octanol–water partition coefficient (Wildman–Crippen LogP) is 3.60. The van der Waals surface area contributed by atoms with E-state index in [1.165, 1.54) is 11.3 Å². The summed E-state index contributed by atoms with van der Waals surface area (Å²) < 4.78 is 1.89. The molecule has 0 spiro atoms. The Labute approximate surface area is 118 Å². The van der Waals surface area contributed by atoms with E-state index in [2.05, 4.69) is 41.6 Å². The van der Waals surface area contributed by atoms with E-state index in [0.29, 0.717) is 12.0 Å². The van der Waals surface area contributed by atoms with Crippen molar-refractivity contribution >= 4 is 17.3 Å². The molecule has 1 aliphatic heterocycles. The highest BCUT2D eigenvalue weighted by atomic mass is 35.5. The molecule has 1 aromatic carbocycles. The van der Waals surface area contributed by atoms with Crippen molar-refractivity contribution in [2.75, 3.05) is 5.32 Å². The number of hydrogen-bond acceptors (Lipinski definition) is 2. The van der Waals surface area contributed by atoms with Crippen molar-refractivity contribution < 1.29 is 0 Å². The van der Waals surface area contributed by atoms with Gasteiger partial charge in [-0.15, -0.1) is 0 Å². The maximum atomic E-state index is 6.23. The van der Waals surface area contributed by atoms with Crippen LogP contribution in [0.3, 0.4) is 0 Å². The Kier molecular flexibility index (Phi) is 3.23. The van der Waals surface area contributed by atoms with E-state index < -0.39 is 0 Å². The van der Waals surface area contributed by atoms with Crippen LogP contribution in [0, 0.1) is 0 Å². The van der Waals surface area contributed by atoms with Crippen molar-refractivity contribution in [1.82, 2.24) is 9.78 Å². The SMILES string of the molecule is CC1CC(Cc2c(Cl)cnn2C)c2ccccc2N1. The number of nitrogens with zero attached hydrogens (tertiary/aromatic N) is 2. The Morgan fingerprint density at radius 2 is 2.21 bits per heavy atom. The highest BCUT2D eigenvalue weighted by Crippen LogP contribution is 2.37. The molecule has 0 radical (unpaired) electrons. The summed E-state index contributed by atoms with van der Waals surface area (Å²) in [5.41, 5.74) is 3.76. The number of halogens is 1. The third-order valence-corrected chi connectivity index (χ3v) is 4.21. The van der Waals surface area contributed by atoms with E-state index in [1.807, 2.05) is 11.7 Å². The molecule has 19 heavy (non-hydrogen) atoms. The van der Waals surface area contributed by atoms with Crippen LogP contribution in [0.15, 0.2) is 30.5 Å². The summed E-state index contributed by atoms with van der Waals surface area (Å²) in [6.07, 6.45) is 3.80. The number of nitrogens with one attached hydrogen (secondary N) is 1. The van der Waals surface area contributed by atoms with Crippen LogP contribution < -0.4 is 5.32 Å². The predicted molar refractivity (Wildman–Crippen MR) is 78.8 cm³/mol. The third-order valence-electron chi connectivity index (χ3n) is 3.89. The molecule has 1 aliphatic rings. The van der Waals surface area contributed by atoms with E-state index in [0.717, 1.165) is 23.6 Å². The van der Waals surface area contributed by atoms with Crippen LogP contribution in [0.5, 0.6) is 0 Å². The van der Waals surface area contributed by atoms with Gasteiger partial charge in [0.25, 0.3) is 0 Å². The minimum atomic E-state index is 0.493. The molecule has 0 saturated carbocycles. The first-order valence-corrected chi connectivity index (χ1v) is 7.04. The van der Waals surface area contributed by atoms with E-state index >= 15 is 0 Å². The molecule has 100 valence electrons. The monoisotopic (exact) mass is 275 g/mol. The van der Waals surface area contributed by atoms with Crippen molar-refractivity contribution in [1.29, 1.82) is 0 Å². The number of hydrogen-bond donors (Lipinski definition) is 1. The van der Waals surface area contributed by atoms with Gasteiger partial charge in [0.15, 0.2) is 0 Å². The molecule has 1 N–H and O–H groups in total. The van der Waals surface area contributed by atoms with Gasteiger partial charge in [-0.3, -0.25) is 4.68 Å². The number of aromatic nitrogens is 2. The number of para-hydroxylation sites is 1. The molecule has 1 aromatic heterocycles. The van der Waals surface area contributed by atoms with Crippen LogP contribution in [0.2, 0.25) is 5.02 Å². The lowest BCUT2D eigenvalue weighted by molar-refractivity contribution is 0.533. The molecule has 2 heterocycles. The molecule has 0 aliphatic carbocycles. The van der Waals surface area contributed by atoms with Crippen molar-refractivity contribution in [3.05, 3.63) is 46.7 Å². The van der Waals surface area contributed by atoms with Gasteiger partial charge in [-0.25, -0.2) is 0 Å². The Hall–Kier alpha value is -1.48. The smallest absolute Gasteiger partial charge is 0.0817 e. The zero-order valence-electron chi connectivity index (χ0n) is 11.2. The normalized spacial score (nSPS) is 21.8. The number of anilines is 1. The molecule has 2 aromatic rings. The minimum absolute atomic E-state index is 0.493. The van der Waals surface area contributed by atoms with E-state index in [9.17, 15) is 0 Å². The fourth-order valence-corrected chi connectivity index (χ4v) is 3.20. The third kappa shape index (κ3) is 2.35. The van der Waals surface area contributed by atoms with Gasteiger partial charge in [-0.05, 0) is 37.3 Å². The minimum Gasteiger partial charge on any atom is -0.382 e. The number of aryl methyl sites for hydroxylation is 1. The summed E-state index contributed by atoms with van der Waals surface area (Å²) in [7, 11) is 1.96. The van der Waals surface area contributed by atoms with Crippen LogP contribution in [-0.4, -0.2) is 15.8 Å². The first-order valence-electron chi connectivity index (χ1n) is 6.67. The summed E-state index contributed by atoms with van der Waals surface area (Å²) in [6.45, 7) is 2.23. The molecule has 0 fully saturated rings. The Balaban J connectivity index is 1.93. The van der Waals surface area contributed by atoms with Gasteiger partial charge in [0.1, 0.15) is 0 Å². The second-order valence-electron chi connectivity index (χ2n) is 5.33. The Bertz CT molecular complexity index is 571. The summed E-state index contributed by atoms with van der Waals surface area (Å²) in [4.78, 5) is 0. The van der Waals surface area contributed by atoms with Crippen molar-refractivity contribution in [2.45, 2.75) is 31.7 Å².